The van der Waals surface area contributed by atoms with Crippen LogP contribution in [0.15, 0.2) is 59.1 Å². The van der Waals surface area contributed by atoms with Gasteiger partial charge in [0.25, 0.3) is 5.91 Å². The van der Waals surface area contributed by atoms with Gasteiger partial charge in [-0.1, -0.05) is 29.8 Å². The number of anilines is 1. The Kier molecular flexibility index (Phi) is 6.76. The predicted octanol–water partition coefficient (Wildman–Crippen LogP) is 3.94. The van der Waals surface area contributed by atoms with Crippen molar-refractivity contribution in [1.82, 2.24) is 3.53 Å². The lowest BCUT2D eigenvalue weighted by Crippen LogP contribution is -2.43. The molecule has 9 nitrogen and oxygen atoms in total. The largest absolute Gasteiger partial charge is 0.511 e. The number of aromatic hydroxyl groups is 1. The van der Waals surface area contributed by atoms with Crippen LogP contribution >= 0.6 is 22.9 Å². The SMILES string of the molecule is Cc1ccc(CC(=O)Nc2ccc(O)c3c2CC2CC4CC(O)=C(C(=O)NI)C(=O)C4C(O)=C2C3=O)cc1. The summed E-state index contributed by atoms with van der Waals surface area (Å²) in [5.41, 5.74) is 2.34. The Hall–Kier alpha value is -3.67. The first-order chi connectivity index (χ1) is 18.1. The van der Waals surface area contributed by atoms with E-state index in [9.17, 15) is 34.5 Å². The van der Waals surface area contributed by atoms with Crippen LogP contribution in [0.4, 0.5) is 5.69 Å². The first-order valence-electron chi connectivity index (χ1n) is 12.2. The van der Waals surface area contributed by atoms with Crippen molar-refractivity contribution in [2.75, 3.05) is 5.32 Å². The van der Waals surface area contributed by atoms with Crippen LogP contribution in [-0.4, -0.2) is 38.7 Å². The molecule has 5 N–H and O–H groups in total. The van der Waals surface area contributed by atoms with E-state index in [-0.39, 0.29) is 47.8 Å². The van der Waals surface area contributed by atoms with Crippen molar-refractivity contribution >= 4 is 51.9 Å². The lowest BCUT2D eigenvalue weighted by atomic mass is 9.62. The van der Waals surface area contributed by atoms with Gasteiger partial charge in [-0.15, -0.1) is 0 Å². The second-order valence-electron chi connectivity index (χ2n) is 10.0. The molecule has 0 bridgehead atoms. The highest BCUT2D eigenvalue weighted by Crippen LogP contribution is 2.50. The standard InChI is InChI=1S/C28H25IN2O7/c1-12-2-4-13(5-3-12)8-20(34)30-17-6-7-18(32)23-16(17)10-14-9-15-11-19(33)24(28(38)31-29)27(37)22(15)25(35)21(14)26(23)36/h2-7,14-15,22,32-33,35H,8-11H2,1H3,(H,30,34)(H,31,38). The van der Waals surface area contributed by atoms with E-state index >= 15 is 0 Å². The third-order valence-electron chi connectivity index (χ3n) is 7.60. The fourth-order valence-corrected chi connectivity index (χ4v) is 6.14. The summed E-state index contributed by atoms with van der Waals surface area (Å²) in [6, 6.07) is 10.4. The number of nitrogens with one attached hydrogen (secondary N) is 2. The van der Waals surface area contributed by atoms with E-state index in [0.717, 1.165) is 11.1 Å². The number of rotatable bonds is 4. The predicted molar refractivity (Wildman–Crippen MR) is 146 cm³/mol. The lowest BCUT2D eigenvalue weighted by Gasteiger charge is -2.41. The van der Waals surface area contributed by atoms with Gasteiger partial charge in [0.05, 0.1) is 40.8 Å². The van der Waals surface area contributed by atoms with Crippen molar-refractivity contribution in [2.45, 2.75) is 32.6 Å². The number of aliphatic hydroxyl groups excluding tert-OH is 2. The van der Waals surface area contributed by atoms with Gasteiger partial charge < -0.3 is 20.6 Å². The second-order valence-corrected chi connectivity index (χ2v) is 10.6. The maximum atomic E-state index is 13.6. The maximum absolute atomic E-state index is 13.6. The minimum atomic E-state index is -1.13. The molecule has 0 saturated heterocycles. The Morgan fingerprint density at radius 1 is 1.03 bits per heavy atom. The Balaban J connectivity index is 1.48. The number of benzene rings is 2. The minimum Gasteiger partial charge on any atom is -0.511 e. The van der Waals surface area contributed by atoms with E-state index in [1.807, 2.05) is 31.2 Å². The number of amides is 2. The van der Waals surface area contributed by atoms with Crippen molar-refractivity contribution in [2.24, 2.45) is 17.8 Å². The molecule has 3 aliphatic carbocycles. The molecule has 0 aliphatic heterocycles. The molecule has 3 unspecified atom stereocenters. The topological polar surface area (TPSA) is 153 Å². The lowest BCUT2D eigenvalue weighted by molar-refractivity contribution is -0.126. The number of halogens is 1. The highest BCUT2D eigenvalue weighted by molar-refractivity contribution is 14.1. The van der Waals surface area contributed by atoms with Gasteiger partial charge in [-0.25, -0.2) is 0 Å². The van der Waals surface area contributed by atoms with E-state index in [1.54, 1.807) is 28.9 Å². The van der Waals surface area contributed by atoms with Crippen molar-refractivity contribution < 1.29 is 34.5 Å². The molecule has 196 valence electrons. The summed E-state index contributed by atoms with van der Waals surface area (Å²) in [7, 11) is 0. The van der Waals surface area contributed by atoms with Crippen molar-refractivity contribution in [3.63, 3.8) is 0 Å². The van der Waals surface area contributed by atoms with Gasteiger partial charge in [0, 0.05) is 17.7 Å². The quantitative estimate of drug-likeness (QED) is 0.149. The number of phenols is 1. The average molecular weight is 628 g/mol. The van der Waals surface area contributed by atoms with Crippen LogP contribution in [0.1, 0.15) is 39.9 Å². The molecule has 3 aliphatic rings. The van der Waals surface area contributed by atoms with Gasteiger partial charge in [-0.2, -0.15) is 0 Å². The van der Waals surface area contributed by atoms with Gasteiger partial charge >= 0.3 is 0 Å². The zero-order valence-electron chi connectivity index (χ0n) is 20.4. The highest BCUT2D eigenvalue weighted by atomic mass is 127. The molecule has 2 aromatic rings. The second kappa shape index (κ2) is 9.90. The van der Waals surface area contributed by atoms with Crippen molar-refractivity contribution in [1.29, 1.82) is 0 Å². The number of Topliss-reactive ketones (excluding diaryl/α,β-unsaturated/α-hetero) is 2. The van der Waals surface area contributed by atoms with Gasteiger partial charge in [-0.05, 0) is 54.9 Å². The number of hydrogen-bond donors (Lipinski definition) is 5. The monoisotopic (exact) mass is 628 g/mol. The first-order valence-corrected chi connectivity index (χ1v) is 13.2. The third kappa shape index (κ3) is 4.36. The summed E-state index contributed by atoms with van der Waals surface area (Å²) < 4.78 is 2.29. The van der Waals surface area contributed by atoms with Crippen molar-refractivity contribution in [3.8, 4) is 5.75 Å². The van der Waals surface area contributed by atoms with Gasteiger partial charge in [0.1, 0.15) is 22.8 Å². The molecule has 2 amide bonds. The Morgan fingerprint density at radius 2 is 1.74 bits per heavy atom. The third-order valence-corrected chi connectivity index (χ3v) is 8.09. The number of fused-ring (bicyclic) bond motifs is 3. The number of carbonyl (C=O) groups excluding carboxylic acids is 4. The first kappa shape index (κ1) is 26.0. The van der Waals surface area contributed by atoms with E-state index in [4.69, 9.17) is 0 Å². The summed E-state index contributed by atoms with van der Waals surface area (Å²) in [5.74, 6) is -5.60. The molecule has 0 spiro atoms. The Bertz CT molecular complexity index is 1460. The summed E-state index contributed by atoms with van der Waals surface area (Å²) in [6.07, 6.45) is 0.670. The molecule has 2 aromatic carbocycles. The van der Waals surface area contributed by atoms with E-state index in [2.05, 4.69) is 8.85 Å². The summed E-state index contributed by atoms with van der Waals surface area (Å²) in [5, 5.41) is 35.0. The zero-order chi connectivity index (χ0) is 27.3. The van der Waals surface area contributed by atoms with E-state index in [0.29, 0.717) is 17.7 Å². The summed E-state index contributed by atoms with van der Waals surface area (Å²) in [4.78, 5) is 51.8. The van der Waals surface area contributed by atoms with Crippen LogP contribution in [0.2, 0.25) is 0 Å². The van der Waals surface area contributed by atoms with Gasteiger partial charge in [0.2, 0.25) is 5.91 Å². The molecule has 0 aromatic heterocycles. The molecular weight excluding hydrogens is 603 g/mol. The molecular formula is C28H25IN2O7. The smallest absolute Gasteiger partial charge is 0.266 e. The van der Waals surface area contributed by atoms with Crippen molar-refractivity contribution in [3.05, 3.63) is 81.3 Å². The summed E-state index contributed by atoms with van der Waals surface area (Å²) in [6.45, 7) is 1.96. The molecule has 5 rings (SSSR count). The normalized spacial score (nSPS) is 22.4. The van der Waals surface area contributed by atoms with Crippen LogP contribution in [0.5, 0.6) is 5.75 Å². The van der Waals surface area contributed by atoms with Crippen LogP contribution in [0.3, 0.4) is 0 Å². The number of hydrogen-bond acceptors (Lipinski definition) is 7. The number of aryl methyl sites for hydroxylation is 1. The van der Waals surface area contributed by atoms with Gasteiger partial charge in [0.15, 0.2) is 11.6 Å². The van der Waals surface area contributed by atoms with Crippen LogP contribution in [-0.2, 0) is 27.2 Å². The molecule has 0 heterocycles. The fourth-order valence-electron chi connectivity index (χ4n) is 5.87. The number of phenolic OH excluding ortho intramolecular Hbond substituents is 1. The fraction of sp³-hybridized carbons (Fsp3) is 0.286. The number of ketones is 2. The zero-order valence-corrected chi connectivity index (χ0v) is 22.5. The van der Waals surface area contributed by atoms with Crippen LogP contribution in [0, 0.1) is 24.7 Å². The Morgan fingerprint density at radius 3 is 2.42 bits per heavy atom. The highest BCUT2D eigenvalue weighted by Gasteiger charge is 2.50. The molecule has 0 saturated carbocycles. The Labute approximate surface area is 232 Å². The molecule has 38 heavy (non-hydrogen) atoms. The van der Waals surface area contributed by atoms with Gasteiger partial charge in [-0.3, -0.25) is 22.7 Å². The summed E-state index contributed by atoms with van der Waals surface area (Å²) >= 11 is 1.56. The molecule has 0 fully saturated rings. The van der Waals surface area contributed by atoms with Crippen LogP contribution in [0.25, 0.3) is 0 Å². The number of carbonyl (C=O) groups is 4. The van der Waals surface area contributed by atoms with Crippen LogP contribution < -0.4 is 8.85 Å². The molecule has 3 atom stereocenters. The maximum Gasteiger partial charge on any atom is 0.266 e. The molecule has 10 heteroatoms. The molecule has 0 radical (unpaired) electrons. The number of allylic oxidation sites excluding steroid dienone is 3. The average Bonchev–Trinajstić information content (AvgIpc) is 2.86. The van der Waals surface area contributed by atoms with E-state index < -0.39 is 46.6 Å². The minimum absolute atomic E-state index is 0.00483. The number of aliphatic hydroxyl groups is 2. The van der Waals surface area contributed by atoms with E-state index in [1.165, 1.54) is 6.07 Å².